The molecule has 0 aromatic heterocycles. The quantitative estimate of drug-likeness (QED) is 0.866. The molecular weight excluding hydrogens is 243 g/mol. The SMILES string of the molecule is CC(C)(C)NC(=O)NCC1(c2ccc(F)cc2)CC1. The molecule has 0 saturated heterocycles. The first-order valence-corrected chi connectivity index (χ1v) is 6.63. The molecule has 0 radical (unpaired) electrons. The molecule has 2 rings (SSSR count). The zero-order valence-corrected chi connectivity index (χ0v) is 11.7. The molecule has 1 saturated carbocycles. The van der Waals surface area contributed by atoms with Crippen LogP contribution < -0.4 is 10.6 Å². The average molecular weight is 264 g/mol. The number of halogens is 1. The molecule has 3 nitrogen and oxygen atoms in total. The zero-order chi connectivity index (χ0) is 14.1. The summed E-state index contributed by atoms with van der Waals surface area (Å²) in [6.07, 6.45) is 2.07. The Kier molecular flexibility index (Phi) is 3.52. The molecule has 1 aromatic carbocycles. The van der Waals surface area contributed by atoms with Gasteiger partial charge in [-0.15, -0.1) is 0 Å². The van der Waals surface area contributed by atoms with E-state index in [1.165, 1.54) is 12.1 Å². The van der Waals surface area contributed by atoms with E-state index < -0.39 is 0 Å². The number of amides is 2. The summed E-state index contributed by atoms with van der Waals surface area (Å²) in [5.41, 5.74) is 0.865. The van der Waals surface area contributed by atoms with Gasteiger partial charge >= 0.3 is 6.03 Å². The van der Waals surface area contributed by atoms with E-state index in [1.54, 1.807) is 0 Å². The van der Waals surface area contributed by atoms with Crippen LogP contribution in [0.5, 0.6) is 0 Å². The van der Waals surface area contributed by atoms with Gasteiger partial charge in [0.25, 0.3) is 0 Å². The Bertz CT molecular complexity index is 458. The van der Waals surface area contributed by atoms with Gasteiger partial charge in [0.05, 0.1) is 0 Å². The van der Waals surface area contributed by atoms with Crippen LogP contribution in [0.25, 0.3) is 0 Å². The zero-order valence-electron chi connectivity index (χ0n) is 11.7. The summed E-state index contributed by atoms with van der Waals surface area (Å²) in [5, 5.41) is 5.78. The lowest BCUT2D eigenvalue weighted by atomic mass is 9.96. The third-order valence-electron chi connectivity index (χ3n) is 3.39. The fourth-order valence-electron chi connectivity index (χ4n) is 2.16. The van der Waals surface area contributed by atoms with Crippen molar-refractivity contribution in [1.29, 1.82) is 0 Å². The Morgan fingerprint density at radius 2 is 1.84 bits per heavy atom. The van der Waals surface area contributed by atoms with Gasteiger partial charge < -0.3 is 10.6 Å². The first-order chi connectivity index (χ1) is 8.81. The van der Waals surface area contributed by atoms with E-state index >= 15 is 0 Å². The van der Waals surface area contributed by atoms with Crippen LogP contribution >= 0.6 is 0 Å². The van der Waals surface area contributed by atoms with E-state index in [0.29, 0.717) is 6.54 Å². The second-order valence-corrected chi connectivity index (χ2v) is 6.34. The van der Waals surface area contributed by atoms with Crippen molar-refractivity contribution in [3.8, 4) is 0 Å². The minimum Gasteiger partial charge on any atom is -0.337 e. The molecule has 0 unspecified atom stereocenters. The summed E-state index contributed by atoms with van der Waals surface area (Å²) in [5.74, 6) is -0.224. The summed E-state index contributed by atoms with van der Waals surface area (Å²) in [6, 6.07) is 6.42. The number of hydrogen-bond acceptors (Lipinski definition) is 1. The molecule has 4 heteroatoms. The highest BCUT2D eigenvalue weighted by atomic mass is 19.1. The molecule has 1 aromatic rings. The first-order valence-electron chi connectivity index (χ1n) is 6.63. The lowest BCUT2D eigenvalue weighted by Gasteiger charge is -2.23. The van der Waals surface area contributed by atoms with Crippen molar-refractivity contribution >= 4 is 6.03 Å². The van der Waals surface area contributed by atoms with E-state index in [0.717, 1.165) is 18.4 Å². The van der Waals surface area contributed by atoms with Crippen LogP contribution in [-0.2, 0) is 5.41 Å². The van der Waals surface area contributed by atoms with Crippen LogP contribution in [0, 0.1) is 5.82 Å². The van der Waals surface area contributed by atoms with Gasteiger partial charge in [-0.1, -0.05) is 12.1 Å². The summed E-state index contributed by atoms with van der Waals surface area (Å²) < 4.78 is 12.9. The average Bonchev–Trinajstić information content (AvgIpc) is 3.06. The van der Waals surface area contributed by atoms with Crippen LogP contribution in [0.2, 0.25) is 0 Å². The summed E-state index contributed by atoms with van der Waals surface area (Å²) >= 11 is 0. The molecule has 2 N–H and O–H groups in total. The first kappa shape index (κ1) is 13.8. The predicted molar refractivity (Wildman–Crippen MR) is 73.6 cm³/mol. The largest absolute Gasteiger partial charge is 0.337 e. The second kappa shape index (κ2) is 4.83. The molecule has 1 aliphatic carbocycles. The van der Waals surface area contributed by atoms with Crippen molar-refractivity contribution in [3.05, 3.63) is 35.6 Å². The maximum Gasteiger partial charge on any atom is 0.315 e. The van der Waals surface area contributed by atoms with E-state index in [9.17, 15) is 9.18 Å². The van der Waals surface area contributed by atoms with E-state index in [1.807, 2.05) is 32.9 Å². The summed E-state index contributed by atoms with van der Waals surface area (Å²) in [6.45, 7) is 6.43. The maximum absolute atomic E-state index is 12.9. The van der Waals surface area contributed by atoms with Gasteiger partial charge in [-0.05, 0) is 51.3 Å². The summed E-state index contributed by atoms with van der Waals surface area (Å²) in [7, 11) is 0. The van der Waals surface area contributed by atoms with Crippen molar-refractivity contribution in [1.82, 2.24) is 10.6 Å². The Hall–Kier alpha value is -1.58. The van der Waals surface area contributed by atoms with E-state index in [2.05, 4.69) is 10.6 Å². The van der Waals surface area contributed by atoms with E-state index in [-0.39, 0.29) is 22.8 Å². The highest BCUT2D eigenvalue weighted by molar-refractivity contribution is 5.74. The number of benzene rings is 1. The van der Waals surface area contributed by atoms with Crippen LogP contribution in [0.15, 0.2) is 24.3 Å². The molecular formula is C15H21FN2O. The monoisotopic (exact) mass is 264 g/mol. The Morgan fingerprint density at radius 1 is 1.26 bits per heavy atom. The van der Waals surface area contributed by atoms with Crippen molar-refractivity contribution in [2.24, 2.45) is 0 Å². The molecule has 19 heavy (non-hydrogen) atoms. The fraction of sp³-hybridized carbons (Fsp3) is 0.533. The number of urea groups is 1. The van der Waals surface area contributed by atoms with E-state index in [4.69, 9.17) is 0 Å². The van der Waals surface area contributed by atoms with Gasteiger partial charge in [0.15, 0.2) is 0 Å². The third kappa shape index (κ3) is 3.69. The van der Waals surface area contributed by atoms with Gasteiger partial charge in [0.1, 0.15) is 5.82 Å². The third-order valence-corrected chi connectivity index (χ3v) is 3.39. The number of nitrogens with one attached hydrogen (secondary N) is 2. The van der Waals surface area contributed by atoms with Crippen LogP contribution in [0.1, 0.15) is 39.2 Å². The smallest absolute Gasteiger partial charge is 0.315 e. The van der Waals surface area contributed by atoms with Gasteiger partial charge in [-0.25, -0.2) is 9.18 Å². The van der Waals surface area contributed by atoms with Crippen molar-refractivity contribution in [2.75, 3.05) is 6.54 Å². The second-order valence-electron chi connectivity index (χ2n) is 6.34. The molecule has 0 bridgehead atoms. The van der Waals surface area contributed by atoms with Gasteiger partial charge in [-0.3, -0.25) is 0 Å². The van der Waals surface area contributed by atoms with Crippen LogP contribution in [0.4, 0.5) is 9.18 Å². The lowest BCUT2D eigenvalue weighted by molar-refractivity contribution is 0.231. The maximum atomic E-state index is 12.9. The molecule has 0 atom stereocenters. The molecule has 104 valence electrons. The number of rotatable bonds is 3. The Morgan fingerprint density at radius 3 is 2.32 bits per heavy atom. The highest BCUT2D eigenvalue weighted by Crippen LogP contribution is 2.47. The normalized spacial score (nSPS) is 16.8. The van der Waals surface area contributed by atoms with Gasteiger partial charge in [0, 0.05) is 17.5 Å². The van der Waals surface area contributed by atoms with Gasteiger partial charge in [-0.2, -0.15) is 0 Å². The topological polar surface area (TPSA) is 41.1 Å². The Balaban J connectivity index is 1.92. The predicted octanol–water partition coefficient (Wildman–Crippen LogP) is 2.96. The fourth-order valence-corrected chi connectivity index (χ4v) is 2.16. The molecule has 0 aliphatic heterocycles. The van der Waals surface area contributed by atoms with Crippen molar-refractivity contribution < 1.29 is 9.18 Å². The lowest BCUT2D eigenvalue weighted by Crippen LogP contribution is -2.48. The highest BCUT2D eigenvalue weighted by Gasteiger charge is 2.44. The molecule has 0 spiro atoms. The Labute approximate surface area is 113 Å². The molecule has 1 fully saturated rings. The van der Waals surface area contributed by atoms with Crippen molar-refractivity contribution in [3.63, 3.8) is 0 Å². The van der Waals surface area contributed by atoms with Crippen molar-refractivity contribution in [2.45, 2.75) is 44.6 Å². The standard InChI is InChI=1S/C15H21FN2O/c1-14(2,3)18-13(19)17-10-15(8-9-15)11-4-6-12(16)7-5-11/h4-7H,8-10H2,1-3H3,(H2,17,18,19). The minimum atomic E-state index is -0.239. The molecule has 2 amide bonds. The summed E-state index contributed by atoms with van der Waals surface area (Å²) in [4.78, 5) is 11.7. The molecule has 0 heterocycles. The number of carbonyl (C=O) groups excluding carboxylic acids is 1. The number of hydrogen-bond donors (Lipinski definition) is 2. The van der Waals surface area contributed by atoms with Gasteiger partial charge in [0.2, 0.25) is 0 Å². The molecule has 1 aliphatic rings. The van der Waals surface area contributed by atoms with Crippen LogP contribution in [0.3, 0.4) is 0 Å². The van der Waals surface area contributed by atoms with Crippen LogP contribution in [-0.4, -0.2) is 18.1 Å². The minimum absolute atomic E-state index is 0.00290. The number of carbonyl (C=O) groups is 1.